The van der Waals surface area contributed by atoms with E-state index in [1.807, 2.05) is 38.1 Å². The van der Waals surface area contributed by atoms with E-state index in [0.29, 0.717) is 35.4 Å². The first-order valence-corrected chi connectivity index (χ1v) is 17.3. The number of hydrogen-bond acceptors (Lipinski definition) is 9. The molecule has 1 fully saturated rings. The summed E-state index contributed by atoms with van der Waals surface area (Å²) in [5.41, 5.74) is 6.19. The van der Waals surface area contributed by atoms with E-state index in [1.54, 1.807) is 20.8 Å². The summed E-state index contributed by atoms with van der Waals surface area (Å²) >= 11 is 7.70. The highest BCUT2D eigenvalue weighted by Crippen LogP contribution is 2.47. The number of halogens is 2. The first-order chi connectivity index (χ1) is 20.9. The molecule has 0 bridgehead atoms. The Kier molecular flexibility index (Phi) is 10.1. The first-order valence-electron chi connectivity index (χ1n) is 14.4. The molecule has 1 aliphatic carbocycles. The zero-order valence-electron chi connectivity index (χ0n) is 25.8. The lowest BCUT2D eigenvalue weighted by molar-refractivity contribution is -0.139. The number of nitrogen functional groups attached to an aromatic ring is 1. The molecule has 4 rings (SSSR count). The Bertz CT molecular complexity index is 1700. The van der Waals surface area contributed by atoms with E-state index in [-0.39, 0.29) is 27.3 Å². The molecule has 9 nitrogen and oxygen atoms in total. The lowest BCUT2D eigenvalue weighted by atomic mass is 9.74. The number of hydrogen-bond donors (Lipinski definition) is 3. The monoisotopic (exact) mass is 680 g/mol. The molecule has 244 valence electrons. The van der Waals surface area contributed by atoms with Crippen LogP contribution in [0, 0.1) is 11.2 Å². The van der Waals surface area contributed by atoms with Gasteiger partial charge in [0.25, 0.3) is 0 Å². The van der Waals surface area contributed by atoms with Gasteiger partial charge in [0.05, 0.1) is 15.9 Å². The van der Waals surface area contributed by atoms with Gasteiger partial charge in [-0.2, -0.15) is 0 Å². The molecule has 3 aromatic rings. The predicted octanol–water partition coefficient (Wildman–Crippen LogP) is 7.18. The molecule has 0 radical (unpaired) electrons. The summed E-state index contributed by atoms with van der Waals surface area (Å²) in [6.07, 6.45) is 1.53. The summed E-state index contributed by atoms with van der Waals surface area (Å²) in [6.45, 7) is 8.30. The number of aliphatic carboxylic acids is 1. The van der Waals surface area contributed by atoms with E-state index in [0.717, 1.165) is 17.0 Å². The van der Waals surface area contributed by atoms with Gasteiger partial charge in [-0.05, 0) is 81.3 Å². The molecule has 2 atom stereocenters. The van der Waals surface area contributed by atoms with Gasteiger partial charge in [-0.3, -0.25) is 0 Å². The molecule has 1 aliphatic rings. The molecule has 4 N–H and O–H groups in total. The highest BCUT2D eigenvalue weighted by Gasteiger charge is 2.44. The molecule has 1 heterocycles. The van der Waals surface area contributed by atoms with Gasteiger partial charge >= 0.3 is 11.9 Å². The van der Waals surface area contributed by atoms with E-state index >= 15 is 0 Å². The van der Waals surface area contributed by atoms with Crippen LogP contribution < -0.4 is 15.8 Å². The zero-order valence-corrected chi connectivity index (χ0v) is 28.2. The molecule has 1 saturated carbocycles. The molecule has 0 spiro atoms. The van der Waals surface area contributed by atoms with Gasteiger partial charge in [-0.15, -0.1) is 11.3 Å². The third-order valence-electron chi connectivity index (χ3n) is 7.51. The van der Waals surface area contributed by atoms with Crippen molar-refractivity contribution >= 4 is 56.1 Å². The van der Waals surface area contributed by atoms with Gasteiger partial charge in [-0.1, -0.05) is 37.6 Å². The molecule has 1 aromatic heterocycles. The van der Waals surface area contributed by atoms with Crippen LogP contribution in [-0.2, 0) is 25.1 Å². The second kappa shape index (κ2) is 13.2. The van der Waals surface area contributed by atoms with Crippen LogP contribution in [0.4, 0.5) is 15.8 Å². The van der Waals surface area contributed by atoms with Crippen molar-refractivity contribution in [3.05, 3.63) is 63.7 Å². The Morgan fingerprint density at radius 2 is 1.89 bits per heavy atom. The number of benzene rings is 2. The largest absolute Gasteiger partial charge is 0.479 e. The van der Waals surface area contributed by atoms with E-state index in [4.69, 9.17) is 31.9 Å². The number of rotatable bonds is 10. The number of nitrogens with two attached hydrogens (primary N) is 1. The second-order valence-electron chi connectivity index (χ2n) is 12.9. The van der Waals surface area contributed by atoms with Crippen molar-refractivity contribution in [2.75, 3.05) is 17.7 Å². The molecule has 13 heteroatoms. The number of carbonyl (C=O) groups is 2. The quantitative estimate of drug-likeness (QED) is 0.150. The molecule has 0 saturated heterocycles. The van der Waals surface area contributed by atoms with Crippen LogP contribution in [-0.4, -0.2) is 49.0 Å². The fourth-order valence-corrected chi connectivity index (χ4v) is 9.57. The number of carbonyl (C=O) groups excluding carboxylic acids is 1. The molecule has 1 unspecified atom stereocenters. The minimum absolute atomic E-state index is 0.0450. The maximum absolute atomic E-state index is 14.4. The second-order valence-corrected chi connectivity index (χ2v) is 16.5. The Morgan fingerprint density at radius 1 is 1.18 bits per heavy atom. The average molecular weight is 681 g/mol. The third-order valence-corrected chi connectivity index (χ3v) is 11.6. The van der Waals surface area contributed by atoms with Gasteiger partial charge in [0.15, 0.2) is 27.1 Å². The van der Waals surface area contributed by atoms with Crippen molar-refractivity contribution in [1.29, 1.82) is 0 Å². The number of anilines is 2. The van der Waals surface area contributed by atoms with E-state index in [9.17, 15) is 22.4 Å². The number of thiophene rings is 1. The summed E-state index contributed by atoms with van der Waals surface area (Å²) in [7, 11) is -3.68. The summed E-state index contributed by atoms with van der Waals surface area (Å²) in [5, 5.41) is 12.1. The summed E-state index contributed by atoms with van der Waals surface area (Å²) in [6, 6.07) is 11.3. The van der Waals surface area contributed by atoms with Gasteiger partial charge in [0.1, 0.15) is 16.4 Å². The minimum atomic E-state index is -3.68. The predicted molar refractivity (Wildman–Crippen MR) is 175 cm³/mol. The van der Waals surface area contributed by atoms with Crippen molar-refractivity contribution in [2.45, 2.75) is 76.5 Å². The average Bonchev–Trinajstić information content (AvgIpc) is 3.24. The Balaban J connectivity index is 1.53. The maximum atomic E-state index is 14.4. The number of carboxylic acids is 1. The van der Waals surface area contributed by atoms with Gasteiger partial charge in [0.2, 0.25) is 0 Å². The molecule has 0 aliphatic heterocycles. The van der Waals surface area contributed by atoms with Crippen LogP contribution in [0.3, 0.4) is 0 Å². The highest BCUT2D eigenvalue weighted by atomic mass is 35.5. The number of sulfone groups is 1. The number of nitrogens with one attached hydrogen (secondary N) is 1. The normalized spacial score (nSPS) is 18.3. The molecule has 2 aromatic carbocycles. The lowest BCUT2D eigenvalue weighted by Crippen LogP contribution is -2.45. The van der Waals surface area contributed by atoms with Crippen LogP contribution in [0.15, 0.2) is 42.5 Å². The molecule has 0 amide bonds. The van der Waals surface area contributed by atoms with Crippen LogP contribution >= 0.6 is 22.9 Å². The van der Waals surface area contributed by atoms with Crippen molar-refractivity contribution in [1.82, 2.24) is 0 Å². The van der Waals surface area contributed by atoms with E-state index in [1.165, 1.54) is 18.2 Å². The summed E-state index contributed by atoms with van der Waals surface area (Å²) in [4.78, 5) is 24.7. The maximum Gasteiger partial charge on any atom is 0.352 e. The summed E-state index contributed by atoms with van der Waals surface area (Å²) < 4.78 is 52.2. The topological polar surface area (TPSA) is 145 Å². The van der Waals surface area contributed by atoms with E-state index < -0.39 is 56.2 Å². The van der Waals surface area contributed by atoms with Crippen LogP contribution in [0.1, 0.15) is 69.1 Å². The summed E-state index contributed by atoms with van der Waals surface area (Å²) in [5.74, 6) is -2.95. The molecular weight excluding hydrogens is 643 g/mol. The van der Waals surface area contributed by atoms with Gasteiger partial charge in [-0.25, -0.2) is 22.4 Å². The molecular formula is C32H38ClFN2O7S2. The highest BCUT2D eigenvalue weighted by molar-refractivity contribution is 7.91. The lowest BCUT2D eigenvalue weighted by Gasteiger charge is -2.42. The van der Waals surface area contributed by atoms with Crippen molar-refractivity contribution in [3.63, 3.8) is 0 Å². The fourth-order valence-electron chi connectivity index (χ4n) is 5.71. The smallest absolute Gasteiger partial charge is 0.352 e. The zero-order chi connectivity index (χ0) is 33.3. The van der Waals surface area contributed by atoms with Crippen LogP contribution in [0.5, 0.6) is 5.75 Å². The van der Waals surface area contributed by atoms with Crippen LogP contribution in [0.2, 0.25) is 5.02 Å². The standard InChI is InChI=1S/C32H38ClFN2O7S2/c1-31(2,3)43-30(39)29-27(42-16-25(37)38)26(33)28(44-29)18-7-6-8-21(14-18)36-22-10-12-24(32(4,5)15-22)45(40,41)17-19-13-20(35)9-11-23(19)34/h6-9,11,13-14,22,24,36H,10,12,15-17,35H2,1-5H3,(H,37,38)/t22-,24?/m1/s1. The Labute approximate surface area is 271 Å². The van der Waals surface area contributed by atoms with Crippen molar-refractivity contribution in [3.8, 4) is 16.2 Å². The van der Waals surface area contributed by atoms with Crippen molar-refractivity contribution < 1.29 is 37.0 Å². The number of esters is 1. The Morgan fingerprint density at radius 3 is 2.53 bits per heavy atom. The number of carboxylic acid groups (broad SMARTS) is 1. The molecule has 45 heavy (non-hydrogen) atoms. The SMILES string of the molecule is CC(C)(C)OC(=O)c1sc(-c2cccc(N[C@@H]3CCC(S(=O)(=O)Cc4cc(N)ccc4F)C(C)(C)C3)c2)c(Cl)c1OCC(=O)O. The van der Waals surface area contributed by atoms with Gasteiger partial charge in [0, 0.05) is 23.0 Å². The minimum Gasteiger partial charge on any atom is -0.479 e. The van der Waals surface area contributed by atoms with Crippen LogP contribution in [0.25, 0.3) is 10.4 Å². The third kappa shape index (κ3) is 8.47. The Hall–Kier alpha value is -3.35. The fraction of sp³-hybridized carbons (Fsp3) is 0.438. The number of ether oxygens (including phenoxy) is 2. The first kappa shape index (κ1) is 34.5. The van der Waals surface area contributed by atoms with Gasteiger partial charge < -0.3 is 25.6 Å². The van der Waals surface area contributed by atoms with Crippen molar-refractivity contribution in [2.24, 2.45) is 5.41 Å². The van der Waals surface area contributed by atoms with E-state index in [2.05, 4.69) is 5.32 Å².